The molecule has 0 bridgehead atoms. The molecule has 3 aromatic rings. The van der Waals surface area contributed by atoms with Gasteiger partial charge in [-0.3, -0.25) is 4.79 Å². The topological polar surface area (TPSA) is 77.1 Å². The number of nitrogens with zero attached hydrogens (tertiary/aromatic N) is 2. The molecule has 2 aromatic carbocycles. The summed E-state index contributed by atoms with van der Waals surface area (Å²) < 4.78 is 10.4. The number of benzene rings is 2. The van der Waals surface area contributed by atoms with E-state index in [1.165, 1.54) is 6.92 Å². The number of hydrogen-bond donors (Lipinski definition) is 1. The van der Waals surface area contributed by atoms with Gasteiger partial charge >= 0.3 is 5.97 Å². The van der Waals surface area contributed by atoms with Crippen LogP contribution in [0.1, 0.15) is 12.5 Å². The summed E-state index contributed by atoms with van der Waals surface area (Å²) in [6, 6.07) is 13.1. The van der Waals surface area contributed by atoms with Gasteiger partial charge in [-0.25, -0.2) is 0 Å². The van der Waals surface area contributed by atoms with Crippen LogP contribution in [0.2, 0.25) is 0 Å². The Bertz CT molecular complexity index is 869. The third-order valence-electron chi connectivity index (χ3n) is 3.50. The fraction of sp³-hybridized carbons (Fsp3) is 0.167. The van der Waals surface area contributed by atoms with Crippen molar-refractivity contribution < 1.29 is 14.3 Å². The molecule has 122 valence electrons. The standard InChI is InChI=1S/C18H17N3O3/c1-11-8-14(10-16(9-11)24-12(2)22)18-17(19-21-20-18)13-4-6-15(23-3)7-5-13/h4-10H,1-3H3,(H,19,20,21). The smallest absolute Gasteiger partial charge is 0.308 e. The first kappa shape index (κ1) is 15.7. The van der Waals surface area contributed by atoms with Gasteiger partial charge in [0.25, 0.3) is 0 Å². The van der Waals surface area contributed by atoms with Crippen LogP contribution < -0.4 is 9.47 Å². The molecule has 0 aliphatic heterocycles. The van der Waals surface area contributed by atoms with Crippen molar-refractivity contribution in [2.75, 3.05) is 7.11 Å². The Hall–Kier alpha value is -3.15. The quantitative estimate of drug-likeness (QED) is 0.588. The number of aryl methyl sites for hydroxylation is 1. The number of rotatable bonds is 4. The summed E-state index contributed by atoms with van der Waals surface area (Å²) in [7, 11) is 1.62. The molecule has 0 amide bonds. The number of methoxy groups -OCH3 is 1. The van der Waals surface area contributed by atoms with Gasteiger partial charge in [0.05, 0.1) is 7.11 Å². The van der Waals surface area contributed by atoms with E-state index in [1.54, 1.807) is 19.2 Å². The van der Waals surface area contributed by atoms with Crippen molar-refractivity contribution in [3.8, 4) is 34.0 Å². The van der Waals surface area contributed by atoms with E-state index >= 15 is 0 Å². The monoisotopic (exact) mass is 323 g/mol. The summed E-state index contributed by atoms with van der Waals surface area (Å²) in [4.78, 5) is 11.2. The maximum atomic E-state index is 11.2. The zero-order chi connectivity index (χ0) is 17.1. The lowest BCUT2D eigenvalue weighted by molar-refractivity contribution is -0.131. The molecule has 0 saturated carbocycles. The van der Waals surface area contributed by atoms with Crippen LogP contribution in [0.3, 0.4) is 0 Å². The van der Waals surface area contributed by atoms with Crippen LogP contribution >= 0.6 is 0 Å². The van der Waals surface area contributed by atoms with Crippen LogP contribution in [-0.2, 0) is 4.79 Å². The number of hydrogen-bond acceptors (Lipinski definition) is 5. The van der Waals surface area contributed by atoms with Crippen molar-refractivity contribution in [1.29, 1.82) is 0 Å². The normalized spacial score (nSPS) is 10.5. The van der Waals surface area contributed by atoms with Gasteiger partial charge in [-0.2, -0.15) is 15.4 Å². The Kier molecular flexibility index (Phi) is 4.29. The van der Waals surface area contributed by atoms with Crippen molar-refractivity contribution in [3.05, 3.63) is 48.0 Å². The molecule has 3 rings (SSSR count). The van der Waals surface area contributed by atoms with Crippen LogP contribution in [0.15, 0.2) is 42.5 Å². The first-order chi connectivity index (χ1) is 11.6. The summed E-state index contributed by atoms with van der Waals surface area (Å²) in [5.74, 6) is 0.903. The molecule has 0 aliphatic rings. The van der Waals surface area contributed by atoms with E-state index in [9.17, 15) is 4.79 Å². The lowest BCUT2D eigenvalue weighted by Gasteiger charge is -2.07. The maximum Gasteiger partial charge on any atom is 0.308 e. The van der Waals surface area contributed by atoms with Crippen LogP contribution in [-0.4, -0.2) is 28.5 Å². The molecule has 24 heavy (non-hydrogen) atoms. The van der Waals surface area contributed by atoms with Gasteiger partial charge in [0, 0.05) is 18.1 Å². The minimum atomic E-state index is -0.359. The highest BCUT2D eigenvalue weighted by Gasteiger charge is 2.14. The van der Waals surface area contributed by atoms with Crippen molar-refractivity contribution in [2.24, 2.45) is 0 Å². The summed E-state index contributed by atoms with van der Waals surface area (Å²) >= 11 is 0. The third kappa shape index (κ3) is 3.27. The van der Waals surface area contributed by atoms with E-state index in [-0.39, 0.29) is 5.97 Å². The Labute approximate surface area is 139 Å². The van der Waals surface area contributed by atoms with Gasteiger partial charge < -0.3 is 9.47 Å². The largest absolute Gasteiger partial charge is 0.497 e. The number of carbonyl (C=O) groups excluding carboxylic acids is 1. The predicted molar refractivity (Wildman–Crippen MR) is 89.9 cm³/mol. The molecule has 1 aromatic heterocycles. The van der Waals surface area contributed by atoms with Crippen LogP contribution in [0.25, 0.3) is 22.5 Å². The van der Waals surface area contributed by atoms with E-state index in [2.05, 4.69) is 15.4 Å². The average molecular weight is 323 g/mol. The molecule has 6 heteroatoms. The number of carbonyl (C=O) groups is 1. The highest BCUT2D eigenvalue weighted by atomic mass is 16.5. The molecule has 0 radical (unpaired) electrons. The first-order valence-corrected chi connectivity index (χ1v) is 7.42. The van der Waals surface area contributed by atoms with Gasteiger partial charge in [0.2, 0.25) is 0 Å². The minimum Gasteiger partial charge on any atom is -0.497 e. The number of esters is 1. The Morgan fingerprint density at radius 1 is 0.958 bits per heavy atom. The summed E-state index contributed by atoms with van der Waals surface area (Å²) in [6.07, 6.45) is 0. The predicted octanol–water partition coefficient (Wildman–Crippen LogP) is 3.38. The van der Waals surface area contributed by atoms with Gasteiger partial charge in [0.1, 0.15) is 22.9 Å². The zero-order valence-corrected chi connectivity index (χ0v) is 13.7. The molecular formula is C18H17N3O3. The van der Waals surface area contributed by atoms with Crippen LogP contribution in [0.5, 0.6) is 11.5 Å². The van der Waals surface area contributed by atoms with Crippen molar-refractivity contribution in [2.45, 2.75) is 13.8 Å². The highest BCUT2D eigenvalue weighted by molar-refractivity contribution is 5.79. The van der Waals surface area contributed by atoms with Gasteiger partial charge in [-0.15, -0.1) is 0 Å². The number of aromatic nitrogens is 3. The van der Waals surface area contributed by atoms with Crippen LogP contribution in [0, 0.1) is 6.92 Å². The molecule has 0 fully saturated rings. The van der Waals surface area contributed by atoms with Crippen molar-refractivity contribution in [1.82, 2.24) is 15.4 Å². The van der Waals surface area contributed by atoms with Gasteiger partial charge in [-0.1, -0.05) is 0 Å². The Balaban J connectivity index is 2.03. The highest BCUT2D eigenvalue weighted by Crippen LogP contribution is 2.32. The number of aromatic amines is 1. The molecule has 1 heterocycles. The van der Waals surface area contributed by atoms with Gasteiger partial charge in [0.15, 0.2) is 0 Å². The summed E-state index contributed by atoms with van der Waals surface area (Å²) in [6.45, 7) is 3.31. The molecule has 6 nitrogen and oxygen atoms in total. The Morgan fingerprint density at radius 2 is 1.62 bits per heavy atom. The summed E-state index contributed by atoms with van der Waals surface area (Å²) in [5.41, 5.74) is 4.11. The van der Waals surface area contributed by atoms with Crippen molar-refractivity contribution in [3.63, 3.8) is 0 Å². The number of ether oxygens (including phenoxy) is 2. The SMILES string of the molecule is COc1ccc(-c2n[nH]nc2-c2cc(C)cc(OC(C)=O)c2)cc1. The second-order valence-corrected chi connectivity index (χ2v) is 5.38. The molecule has 0 unspecified atom stereocenters. The van der Waals surface area contributed by atoms with Crippen LogP contribution in [0.4, 0.5) is 0 Å². The van der Waals surface area contributed by atoms with E-state index in [0.29, 0.717) is 11.4 Å². The van der Waals surface area contributed by atoms with E-state index in [4.69, 9.17) is 9.47 Å². The van der Waals surface area contributed by atoms with E-state index in [0.717, 1.165) is 28.1 Å². The summed E-state index contributed by atoms with van der Waals surface area (Å²) in [5, 5.41) is 11.2. The second-order valence-electron chi connectivity index (χ2n) is 5.38. The third-order valence-corrected chi connectivity index (χ3v) is 3.50. The maximum absolute atomic E-state index is 11.2. The molecule has 1 N–H and O–H groups in total. The second kappa shape index (κ2) is 6.54. The number of H-pyrrole nitrogens is 1. The molecule has 0 spiro atoms. The molecular weight excluding hydrogens is 306 g/mol. The Morgan fingerprint density at radius 3 is 2.25 bits per heavy atom. The lowest BCUT2D eigenvalue weighted by Crippen LogP contribution is -2.01. The zero-order valence-electron chi connectivity index (χ0n) is 13.7. The van der Waals surface area contributed by atoms with Gasteiger partial charge in [-0.05, 0) is 55.0 Å². The van der Waals surface area contributed by atoms with Crippen molar-refractivity contribution >= 4 is 5.97 Å². The molecule has 0 aliphatic carbocycles. The lowest BCUT2D eigenvalue weighted by atomic mass is 10.0. The number of nitrogens with one attached hydrogen (secondary N) is 1. The van der Waals surface area contributed by atoms with E-state index < -0.39 is 0 Å². The minimum absolute atomic E-state index is 0.359. The van der Waals surface area contributed by atoms with E-state index in [1.807, 2.05) is 37.3 Å². The average Bonchev–Trinajstić information content (AvgIpc) is 3.03. The first-order valence-electron chi connectivity index (χ1n) is 7.42. The molecule has 0 saturated heterocycles. The molecule has 0 atom stereocenters. The fourth-order valence-corrected chi connectivity index (χ4v) is 2.49. The fourth-order valence-electron chi connectivity index (χ4n) is 2.49.